The van der Waals surface area contributed by atoms with Crippen LogP contribution in [-0.4, -0.2) is 41.6 Å². The van der Waals surface area contributed by atoms with Crippen LogP contribution < -0.4 is 10.0 Å². The number of nitrogens with one attached hydrogen (secondary N) is 2. The second kappa shape index (κ2) is 6.10. The highest BCUT2D eigenvalue weighted by atomic mass is 32.2. The third kappa shape index (κ3) is 3.50. The highest BCUT2D eigenvalue weighted by Crippen LogP contribution is 2.22. The first kappa shape index (κ1) is 14.1. The van der Waals surface area contributed by atoms with E-state index >= 15 is 0 Å². The first-order valence-electron chi connectivity index (χ1n) is 4.83. The van der Waals surface area contributed by atoms with E-state index in [0.29, 0.717) is 6.54 Å². The topological polar surface area (TPSA) is 84.5 Å². The van der Waals surface area contributed by atoms with Crippen LogP contribution in [0.3, 0.4) is 0 Å². The molecule has 0 aliphatic rings. The number of carbonyl (C=O) groups is 1. The van der Waals surface area contributed by atoms with E-state index in [1.807, 2.05) is 0 Å². The van der Waals surface area contributed by atoms with Crippen molar-refractivity contribution in [2.24, 2.45) is 0 Å². The molecule has 0 amide bonds. The largest absolute Gasteiger partial charge is 0.465 e. The van der Waals surface area contributed by atoms with Crippen molar-refractivity contribution in [2.45, 2.75) is 4.90 Å². The van der Waals surface area contributed by atoms with Gasteiger partial charge in [-0.3, -0.25) is 0 Å². The molecule has 0 atom stereocenters. The highest BCUT2D eigenvalue weighted by molar-refractivity contribution is 7.89. The van der Waals surface area contributed by atoms with E-state index in [9.17, 15) is 13.2 Å². The monoisotopic (exact) mass is 278 g/mol. The Kier molecular flexibility index (Phi) is 5.06. The van der Waals surface area contributed by atoms with Gasteiger partial charge in [-0.15, -0.1) is 11.3 Å². The Morgan fingerprint density at radius 2 is 2.18 bits per heavy atom. The van der Waals surface area contributed by atoms with Gasteiger partial charge in [0.25, 0.3) is 0 Å². The summed E-state index contributed by atoms with van der Waals surface area (Å²) >= 11 is 1.04. The summed E-state index contributed by atoms with van der Waals surface area (Å²) in [5.74, 6) is -0.644. The molecule has 0 bridgehead atoms. The van der Waals surface area contributed by atoms with Gasteiger partial charge in [-0.25, -0.2) is 17.9 Å². The zero-order valence-corrected chi connectivity index (χ0v) is 11.2. The lowest BCUT2D eigenvalue weighted by atomic mass is 10.5. The molecule has 2 N–H and O–H groups in total. The quantitative estimate of drug-likeness (QED) is 0.566. The van der Waals surface area contributed by atoms with Crippen LogP contribution in [0.2, 0.25) is 0 Å². The fourth-order valence-corrected chi connectivity index (χ4v) is 3.50. The number of likely N-dealkylation sites (N-methyl/N-ethyl adjacent to an activating group) is 1. The molecule has 17 heavy (non-hydrogen) atoms. The number of carbonyl (C=O) groups excluding carboxylic acids is 1. The van der Waals surface area contributed by atoms with Gasteiger partial charge in [0, 0.05) is 13.1 Å². The lowest BCUT2D eigenvalue weighted by molar-refractivity contribution is 0.0602. The molecule has 1 aromatic rings. The van der Waals surface area contributed by atoms with Gasteiger partial charge in [-0.05, 0) is 18.5 Å². The van der Waals surface area contributed by atoms with Gasteiger partial charge in [-0.1, -0.05) is 0 Å². The van der Waals surface area contributed by atoms with E-state index in [4.69, 9.17) is 0 Å². The Balaban J connectivity index is 2.92. The normalized spacial score (nSPS) is 11.4. The summed E-state index contributed by atoms with van der Waals surface area (Å²) < 4.78 is 30.7. The molecule has 96 valence electrons. The van der Waals surface area contributed by atoms with E-state index in [1.54, 1.807) is 12.4 Å². The van der Waals surface area contributed by atoms with Crippen molar-refractivity contribution >= 4 is 27.3 Å². The first-order chi connectivity index (χ1) is 8.03. The SMILES string of the molecule is CNCCNS(=O)(=O)c1ccsc1C(=O)OC. The minimum Gasteiger partial charge on any atom is -0.465 e. The van der Waals surface area contributed by atoms with Crippen molar-refractivity contribution in [3.8, 4) is 0 Å². The Morgan fingerprint density at radius 3 is 2.76 bits per heavy atom. The summed E-state index contributed by atoms with van der Waals surface area (Å²) in [5, 5.41) is 4.36. The van der Waals surface area contributed by atoms with Gasteiger partial charge >= 0.3 is 5.97 Å². The first-order valence-corrected chi connectivity index (χ1v) is 7.19. The Morgan fingerprint density at radius 1 is 1.47 bits per heavy atom. The second-order valence-corrected chi connectivity index (χ2v) is 5.76. The van der Waals surface area contributed by atoms with Gasteiger partial charge in [0.15, 0.2) is 0 Å². The van der Waals surface area contributed by atoms with Gasteiger partial charge < -0.3 is 10.1 Å². The summed E-state index contributed by atoms with van der Waals surface area (Å²) in [7, 11) is -0.719. The molecular weight excluding hydrogens is 264 g/mol. The number of rotatable bonds is 6. The third-order valence-electron chi connectivity index (χ3n) is 1.96. The molecular formula is C9H14N2O4S2. The maximum atomic E-state index is 11.9. The van der Waals surface area contributed by atoms with Crippen LogP contribution >= 0.6 is 11.3 Å². The molecule has 0 radical (unpaired) electrons. The molecule has 0 unspecified atom stereocenters. The molecule has 0 aromatic carbocycles. The number of methoxy groups -OCH3 is 1. The number of esters is 1. The van der Waals surface area contributed by atoms with E-state index in [-0.39, 0.29) is 16.3 Å². The van der Waals surface area contributed by atoms with Gasteiger partial charge in [0.05, 0.1) is 7.11 Å². The predicted octanol–water partition coefficient (Wildman–Crippen LogP) is 0.0324. The van der Waals surface area contributed by atoms with Crippen molar-refractivity contribution < 1.29 is 17.9 Å². The lowest BCUT2D eigenvalue weighted by Crippen LogP contribution is -2.31. The molecule has 0 spiro atoms. The zero-order valence-electron chi connectivity index (χ0n) is 9.52. The maximum absolute atomic E-state index is 11.9. The Hall–Kier alpha value is -0.960. The van der Waals surface area contributed by atoms with Crippen LogP contribution in [-0.2, 0) is 14.8 Å². The zero-order chi connectivity index (χ0) is 12.9. The molecule has 0 aliphatic carbocycles. The fourth-order valence-electron chi connectivity index (χ4n) is 1.14. The van der Waals surface area contributed by atoms with Gasteiger partial charge in [0.2, 0.25) is 10.0 Å². The summed E-state index contributed by atoms with van der Waals surface area (Å²) in [4.78, 5) is 11.4. The Bertz CT molecular complexity index is 481. The van der Waals surface area contributed by atoms with E-state index < -0.39 is 16.0 Å². The number of thiophene rings is 1. The average Bonchev–Trinajstić information content (AvgIpc) is 2.78. The standard InChI is InChI=1S/C9H14N2O4S2/c1-10-4-5-11-17(13,14)7-3-6-16-8(7)9(12)15-2/h3,6,10-11H,4-5H2,1-2H3. The lowest BCUT2D eigenvalue weighted by Gasteiger charge is -2.06. The fraction of sp³-hybridized carbons (Fsp3) is 0.444. The summed E-state index contributed by atoms with van der Waals surface area (Å²) in [6.45, 7) is 0.770. The predicted molar refractivity (Wildman–Crippen MR) is 64.8 cm³/mol. The molecule has 6 nitrogen and oxygen atoms in total. The minimum atomic E-state index is -3.66. The summed E-state index contributed by atoms with van der Waals surface area (Å²) in [6, 6.07) is 1.39. The average molecular weight is 278 g/mol. The summed E-state index contributed by atoms with van der Waals surface area (Å²) in [6.07, 6.45) is 0. The van der Waals surface area contributed by atoms with Crippen molar-refractivity contribution in [2.75, 3.05) is 27.2 Å². The molecule has 1 heterocycles. The molecule has 0 fully saturated rings. The van der Waals surface area contributed by atoms with Gasteiger partial charge in [-0.2, -0.15) is 0 Å². The van der Waals surface area contributed by atoms with Crippen LogP contribution in [0.1, 0.15) is 9.67 Å². The number of hydrogen-bond acceptors (Lipinski definition) is 6. The van der Waals surface area contributed by atoms with Gasteiger partial charge in [0.1, 0.15) is 9.77 Å². The van der Waals surface area contributed by atoms with Crippen molar-refractivity contribution in [1.82, 2.24) is 10.0 Å². The molecule has 0 aliphatic heterocycles. The smallest absolute Gasteiger partial charge is 0.349 e. The third-order valence-corrected chi connectivity index (χ3v) is 4.48. The molecule has 1 aromatic heterocycles. The van der Waals surface area contributed by atoms with E-state index in [2.05, 4.69) is 14.8 Å². The Labute approximate surface area is 104 Å². The highest BCUT2D eigenvalue weighted by Gasteiger charge is 2.23. The maximum Gasteiger partial charge on any atom is 0.349 e. The number of ether oxygens (including phenoxy) is 1. The van der Waals surface area contributed by atoms with E-state index in [0.717, 1.165) is 11.3 Å². The molecule has 1 rings (SSSR count). The minimum absolute atomic E-state index is 0.0366. The molecule has 8 heteroatoms. The van der Waals surface area contributed by atoms with Crippen molar-refractivity contribution in [1.29, 1.82) is 0 Å². The molecule has 0 saturated heterocycles. The molecule has 0 saturated carbocycles. The van der Waals surface area contributed by atoms with Crippen LogP contribution in [0.4, 0.5) is 0 Å². The number of sulfonamides is 1. The van der Waals surface area contributed by atoms with Crippen LogP contribution in [0.25, 0.3) is 0 Å². The van der Waals surface area contributed by atoms with E-state index in [1.165, 1.54) is 13.2 Å². The number of hydrogen-bond donors (Lipinski definition) is 2. The van der Waals surface area contributed by atoms with Crippen LogP contribution in [0.5, 0.6) is 0 Å². The van der Waals surface area contributed by atoms with Crippen molar-refractivity contribution in [3.05, 3.63) is 16.3 Å². The second-order valence-electron chi connectivity index (χ2n) is 3.11. The van der Waals surface area contributed by atoms with Crippen LogP contribution in [0.15, 0.2) is 16.3 Å². The van der Waals surface area contributed by atoms with Crippen molar-refractivity contribution in [3.63, 3.8) is 0 Å². The summed E-state index contributed by atoms with van der Waals surface area (Å²) in [5.41, 5.74) is 0. The van der Waals surface area contributed by atoms with Crippen LogP contribution in [0, 0.1) is 0 Å².